The standard InChI is InChI=1S/C25H23N3O3/c1-16-8-10-17(11-9-16)24-23(20-6-4-5-7-21(20)27-28-24)25(29)26-15-18-14-19(30-2)12-13-22(18)31-3/h4-14H,15H2,1-3H3,(H,26,29). The number of benzene rings is 3. The summed E-state index contributed by atoms with van der Waals surface area (Å²) < 4.78 is 10.7. The van der Waals surface area contributed by atoms with E-state index in [1.54, 1.807) is 14.2 Å². The van der Waals surface area contributed by atoms with E-state index in [0.29, 0.717) is 28.3 Å². The van der Waals surface area contributed by atoms with E-state index >= 15 is 0 Å². The van der Waals surface area contributed by atoms with Crippen molar-refractivity contribution in [3.05, 3.63) is 83.4 Å². The Hall–Kier alpha value is -3.93. The van der Waals surface area contributed by atoms with Gasteiger partial charge in [0.2, 0.25) is 0 Å². The normalized spacial score (nSPS) is 10.7. The molecule has 4 rings (SSSR count). The van der Waals surface area contributed by atoms with E-state index in [2.05, 4.69) is 15.5 Å². The van der Waals surface area contributed by atoms with E-state index < -0.39 is 0 Å². The Balaban J connectivity index is 1.73. The van der Waals surface area contributed by atoms with Gasteiger partial charge in [-0.3, -0.25) is 4.79 Å². The van der Waals surface area contributed by atoms with Crippen LogP contribution in [0.15, 0.2) is 66.7 Å². The van der Waals surface area contributed by atoms with E-state index in [0.717, 1.165) is 22.1 Å². The third-order valence-corrected chi connectivity index (χ3v) is 5.15. The summed E-state index contributed by atoms with van der Waals surface area (Å²) in [6.07, 6.45) is 0. The zero-order valence-electron chi connectivity index (χ0n) is 17.7. The highest BCUT2D eigenvalue weighted by Crippen LogP contribution is 2.28. The monoisotopic (exact) mass is 413 g/mol. The minimum Gasteiger partial charge on any atom is -0.497 e. The Morgan fingerprint density at radius 3 is 2.45 bits per heavy atom. The summed E-state index contributed by atoms with van der Waals surface area (Å²) in [5.41, 5.74) is 4.51. The first-order valence-corrected chi connectivity index (χ1v) is 9.92. The molecule has 0 aliphatic carbocycles. The van der Waals surface area contributed by atoms with Crippen molar-refractivity contribution in [3.8, 4) is 22.8 Å². The third-order valence-electron chi connectivity index (χ3n) is 5.15. The fraction of sp³-hybridized carbons (Fsp3) is 0.160. The molecule has 1 amide bonds. The lowest BCUT2D eigenvalue weighted by atomic mass is 10.0. The Morgan fingerprint density at radius 1 is 0.935 bits per heavy atom. The molecule has 0 saturated carbocycles. The van der Waals surface area contributed by atoms with Crippen molar-refractivity contribution in [2.24, 2.45) is 0 Å². The maximum atomic E-state index is 13.4. The summed E-state index contributed by atoms with van der Waals surface area (Å²) in [7, 11) is 3.20. The van der Waals surface area contributed by atoms with Gasteiger partial charge in [0, 0.05) is 23.1 Å². The molecule has 0 bridgehead atoms. The third kappa shape index (κ3) is 4.19. The van der Waals surface area contributed by atoms with E-state index in [4.69, 9.17) is 9.47 Å². The molecule has 1 aromatic heterocycles. The highest BCUT2D eigenvalue weighted by atomic mass is 16.5. The van der Waals surface area contributed by atoms with Gasteiger partial charge in [0.15, 0.2) is 0 Å². The fourth-order valence-electron chi connectivity index (χ4n) is 3.48. The van der Waals surface area contributed by atoms with Crippen LogP contribution in [0.5, 0.6) is 11.5 Å². The molecule has 0 fully saturated rings. The van der Waals surface area contributed by atoms with Crippen LogP contribution in [-0.2, 0) is 6.54 Å². The average Bonchev–Trinajstić information content (AvgIpc) is 2.82. The number of rotatable bonds is 6. The number of amides is 1. The zero-order chi connectivity index (χ0) is 21.8. The maximum absolute atomic E-state index is 13.4. The van der Waals surface area contributed by atoms with Gasteiger partial charge in [-0.05, 0) is 31.2 Å². The summed E-state index contributed by atoms with van der Waals surface area (Å²) in [5.74, 6) is 1.14. The second-order valence-electron chi connectivity index (χ2n) is 7.17. The number of aryl methyl sites for hydroxylation is 1. The second kappa shape index (κ2) is 8.83. The Morgan fingerprint density at radius 2 is 1.71 bits per heavy atom. The number of methoxy groups -OCH3 is 2. The largest absolute Gasteiger partial charge is 0.497 e. The summed E-state index contributed by atoms with van der Waals surface area (Å²) in [4.78, 5) is 13.4. The average molecular weight is 413 g/mol. The molecule has 0 atom stereocenters. The molecule has 0 aliphatic heterocycles. The van der Waals surface area contributed by atoms with Gasteiger partial charge in [0.1, 0.15) is 17.2 Å². The topological polar surface area (TPSA) is 73.3 Å². The van der Waals surface area contributed by atoms with Crippen LogP contribution in [0.2, 0.25) is 0 Å². The Kier molecular flexibility index (Phi) is 5.80. The number of ether oxygens (including phenoxy) is 2. The molecule has 0 unspecified atom stereocenters. The molecular formula is C25H23N3O3. The smallest absolute Gasteiger partial charge is 0.254 e. The molecule has 4 aromatic rings. The first-order valence-electron chi connectivity index (χ1n) is 9.92. The van der Waals surface area contributed by atoms with Crippen molar-refractivity contribution >= 4 is 16.8 Å². The number of hydrogen-bond donors (Lipinski definition) is 1. The molecule has 3 aromatic carbocycles. The van der Waals surface area contributed by atoms with Crippen LogP contribution in [0.25, 0.3) is 22.2 Å². The van der Waals surface area contributed by atoms with Gasteiger partial charge >= 0.3 is 0 Å². The van der Waals surface area contributed by atoms with E-state index in [-0.39, 0.29) is 12.5 Å². The highest BCUT2D eigenvalue weighted by Gasteiger charge is 2.19. The second-order valence-corrected chi connectivity index (χ2v) is 7.17. The number of nitrogens with one attached hydrogen (secondary N) is 1. The number of hydrogen-bond acceptors (Lipinski definition) is 5. The summed E-state index contributed by atoms with van der Waals surface area (Å²) in [5, 5.41) is 12.5. The van der Waals surface area contributed by atoms with Gasteiger partial charge in [-0.2, -0.15) is 0 Å². The van der Waals surface area contributed by atoms with Gasteiger partial charge < -0.3 is 14.8 Å². The van der Waals surface area contributed by atoms with Gasteiger partial charge in [0.05, 0.1) is 25.3 Å². The number of nitrogens with zero attached hydrogens (tertiary/aromatic N) is 2. The van der Waals surface area contributed by atoms with Gasteiger partial charge in [0.25, 0.3) is 5.91 Å². The van der Waals surface area contributed by atoms with Crippen molar-refractivity contribution in [1.29, 1.82) is 0 Å². The van der Waals surface area contributed by atoms with Crippen LogP contribution in [-0.4, -0.2) is 30.3 Å². The minimum absolute atomic E-state index is 0.230. The minimum atomic E-state index is -0.230. The van der Waals surface area contributed by atoms with E-state index in [9.17, 15) is 4.79 Å². The van der Waals surface area contributed by atoms with E-state index in [1.165, 1.54) is 0 Å². The lowest BCUT2D eigenvalue weighted by Crippen LogP contribution is -2.24. The molecule has 6 heteroatoms. The molecular weight excluding hydrogens is 390 g/mol. The Labute approximate surface area is 180 Å². The summed E-state index contributed by atoms with van der Waals surface area (Å²) in [6, 6.07) is 20.9. The molecule has 1 N–H and O–H groups in total. The van der Waals surface area contributed by atoms with Crippen LogP contribution in [0, 0.1) is 6.92 Å². The van der Waals surface area contributed by atoms with Gasteiger partial charge in [-0.15, -0.1) is 10.2 Å². The first kappa shape index (κ1) is 20.3. The van der Waals surface area contributed by atoms with Gasteiger partial charge in [-0.25, -0.2) is 0 Å². The fourth-order valence-corrected chi connectivity index (χ4v) is 3.48. The van der Waals surface area contributed by atoms with Crippen molar-refractivity contribution in [1.82, 2.24) is 15.5 Å². The molecule has 6 nitrogen and oxygen atoms in total. The van der Waals surface area contributed by atoms with Crippen molar-refractivity contribution in [2.45, 2.75) is 13.5 Å². The van der Waals surface area contributed by atoms with Crippen molar-refractivity contribution in [2.75, 3.05) is 14.2 Å². The SMILES string of the molecule is COc1ccc(OC)c(CNC(=O)c2c(-c3ccc(C)cc3)nnc3ccccc23)c1. The highest BCUT2D eigenvalue weighted by molar-refractivity contribution is 6.10. The molecule has 0 saturated heterocycles. The number of fused-ring (bicyclic) bond motifs is 1. The molecule has 0 aliphatic rings. The van der Waals surface area contributed by atoms with Crippen LogP contribution in [0.4, 0.5) is 0 Å². The van der Waals surface area contributed by atoms with Crippen LogP contribution >= 0.6 is 0 Å². The predicted octanol–water partition coefficient (Wildman–Crippen LogP) is 4.55. The summed E-state index contributed by atoms with van der Waals surface area (Å²) >= 11 is 0. The first-order chi connectivity index (χ1) is 15.1. The predicted molar refractivity (Wildman–Crippen MR) is 120 cm³/mol. The molecule has 0 spiro atoms. The molecule has 0 radical (unpaired) electrons. The van der Waals surface area contributed by atoms with Crippen molar-refractivity contribution < 1.29 is 14.3 Å². The van der Waals surface area contributed by atoms with Crippen molar-refractivity contribution in [3.63, 3.8) is 0 Å². The van der Waals surface area contributed by atoms with Gasteiger partial charge in [-0.1, -0.05) is 48.0 Å². The van der Waals surface area contributed by atoms with Crippen LogP contribution < -0.4 is 14.8 Å². The summed E-state index contributed by atoms with van der Waals surface area (Å²) in [6.45, 7) is 2.30. The van der Waals surface area contributed by atoms with Crippen LogP contribution in [0.1, 0.15) is 21.5 Å². The maximum Gasteiger partial charge on any atom is 0.254 e. The number of carbonyl (C=O) groups excluding carboxylic acids is 1. The Bertz CT molecular complexity index is 1240. The molecule has 31 heavy (non-hydrogen) atoms. The molecule has 156 valence electrons. The number of aromatic nitrogens is 2. The lowest BCUT2D eigenvalue weighted by Gasteiger charge is -2.14. The quantitative estimate of drug-likeness (QED) is 0.502. The van der Waals surface area contributed by atoms with E-state index in [1.807, 2.05) is 73.7 Å². The molecule has 1 heterocycles. The van der Waals surface area contributed by atoms with Crippen LogP contribution in [0.3, 0.4) is 0 Å². The lowest BCUT2D eigenvalue weighted by molar-refractivity contribution is 0.0952. The zero-order valence-corrected chi connectivity index (χ0v) is 17.7. The number of carbonyl (C=O) groups is 1.